The van der Waals surface area contributed by atoms with Gasteiger partial charge in [-0.25, -0.2) is 9.97 Å². The first-order valence-corrected chi connectivity index (χ1v) is 8.96. The Labute approximate surface area is 153 Å². The number of para-hydroxylation sites is 2. The summed E-state index contributed by atoms with van der Waals surface area (Å²) in [6.45, 7) is 6.43. The van der Waals surface area contributed by atoms with Gasteiger partial charge in [0.25, 0.3) is 0 Å². The molecule has 5 rings (SSSR count). The van der Waals surface area contributed by atoms with Gasteiger partial charge in [-0.05, 0) is 23.8 Å². The molecule has 3 heterocycles. The SMILES string of the molecule is C=CC1c2ccccc2N2c3cncnc3N(c3ccccc3)C2C1C. The number of benzene rings is 2. The molecule has 2 aromatic carbocycles. The third-order valence-electron chi connectivity index (χ3n) is 5.57. The number of anilines is 4. The smallest absolute Gasteiger partial charge is 0.162 e. The molecule has 3 aromatic rings. The van der Waals surface area contributed by atoms with E-state index in [-0.39, 0.29) is 6.17 Å². The quantitative estimate of drug-likeness (QED) is 0.614. The van der Waals surface area contributed by atoms with Crippen molar-refractivity contribution in [3.8, 4) is 0 Å². The summed E-state index contributed by atoms with van der Waals surface area (Å²) >= 11 is 0. The van der Waals surface area contributed by atoms with Crippen molar-refractivity contribution in [1.82, 2.24) is 9.97 Å². The molecule has 128 valence electrons. The average molecular weight is 340 g/mol. The summed E-state index contributed by atoms with van der Waals surface area (Å²) in [6, 6.07) is 19.1. The number of rotatable bonds is 2. The molecule has 0 fully saturated rings. The molecule has 0 spiro atoms. The molecule has 4 heteroatoms. The van der Waals surface area contributed by atoms with Gasteiger partial charge in [-0.2, -0.15) is 0 Å². The summed E-state index contributed by atoms with van der Waals surface area (Å²) in [7, 11) is 0. The largest absolute Gasteiger partial charge is 0.315 e. The number of nitrogens with zero attached hydrogens (tertiary/aromatic N) is 4. The second-order valence-corrected chi connectivity index (χ2v) is 6.90. The van der Waals surface area contributed by atoms with Crippen LogP contribution in [0.25, 0.3) is 0 Å². The van der Waals surface area contributed by atoms with Gasteiger partial charge in [-0.3, -0.25) is 0 Å². The summed E-state index contributed by atoms with van der Waals surface area (Å²) < 4.78 is 0. The van der Waals surface area contributed by atoms with Gasteiger partial charge in [0.1, 0.15) is 18.2 Å². The third-order valence-corrected chi connectivity index (χ3v) is 5.57. The highest BCUT2D eigenvalue weighted by Crippen LogP contribution is 2.54. The van der Waals surface area contributed by atoms with E-state index in [1.165, 1.54) is 11.3 Å². The predicted octanol–water partition coefficient (Wildman–Crippen LogP) is 5.01. The molecular formula is C22H20N4. The number of allylic oxidation sites excluding steroid dienone is 1. The van der Waals surface area contributed by atoms with Crippen LogP contribution < -0.4 is 9.80 Å². The van der Waals surface area contributed by atoms with Crippen LogP contribution in [0.1, 0.15) is 18.4 Å². The highest BCUT2D eigenvalue weighted by Gasteiger charge is 2.48. The zero-order valence-electron chi connectivity index (χ0n) is 14.7. The molecule has 0 aliphatic carbocycles. The van der Waals surface area contributed by atoms with Crippen LogP contribution in [-0.4, -0.2) is 16.1 Å². The summed E-state index contributed by atoms with van der Waals surface area (Å²) in [6.07, 6.45) is 5.78. The third kappa shape index (κ3) is 1.96. The van der Waals surface area contributed by atoms with Gasteiger partial charge in [0.05, 0.1) is 6.20 Å². The molecule has 2 aliphatic heterocycles. The minimum Gasteiger partial charge on any atom is -0.315 e. The highest BCUT2D eigenvalue weighted by atomic mass is 15.5. The molecule has 26 heavy (non-hydrogen) atoms. The molecule has 0 amide bonds. The average Bonchev–Trinajstić information content (AvgIpc) is 3.05. The van der Waals surface area contributed by atoms with E-state index in [1.54, 1.807) is 6.33 Å². The van der Waals surface area contributed by atoms with Crippen LogP contribution >= 0.6 is 0 Å². The van der Waals surface area contributed by atoms with Gasteiger partial charge in [0.2, 0.25) is 0 Å². The zero-order valence-corrected chi connectivity index (χ0v) is 14.7. The van der Waals surface area contributed by atoms with Gasteiger partial charge < -0.3 is 9.80 Å². The van der Waals surface area contributed by atoms with Crippen molar-refractivity contribution in [2.75, 3.05) is 9.80 Å². The van der Waals surface area contributed by atoms with Crippen molar-refractivity contribution >= 4 is 22.9 Å². The first-order valence-electron chi connectivity index (χ1n) is 8.96. The van der Waals surface area contributed by atoms with Crippen LogP contribution in [0.4, 0.5) is 22.9 Å². The Morgan fingerprint density at radius 2 is 1.73 bits per heavy atom. The lowest BCUT2D eigenvalue weighted by atomic mass is 9.80. The van der Waals surface area contributed by atoms with Crippen LogP contribution in [0.15, 0.2) is 79.8 Å². The van der Waals surface area contributed by atoms with Gasteiger partial charge in [0, 0.05) is 23.2 Å². The lowest BCUT2D eigenvalue weighted by molar-refractivity contribution is 0.409. The Bertz CT molecular complexity index is 969. The van der Waals surface area contributed by atoms with Crippen molar-refractivity contribution in [3.05, 3.63) is 85.3 Å². The standard InChI is InChI=1S/C22H20N4/c1-3-17-15(2)22-25(16-9-5-4-6-10-16)21-20(13-23-14-24-21)26(22)19-12-8-7-11-18(17)19/h3-15,17,22H,1H2,2H3. The fourth-order valence-electron chi connectivity index (χ4n) is 4.46. The van der Waals surface area contributed by atoms with Crippen LogP contribution in [-0.2, 0) is 0 Å². The lowest BCUT2D eigenvalue weighted by Crippen LogP contribution is -2.48. The minimum absolute atomic E-state index is 0.141. The topological polar surface area (TPSA) is 32.3 Å². The van der Waals surface area contributed by atoms with E-state index < -0.39 is 0 Å². The monoisotopic (exact) mass is 340 g/mol. The van der Waals surface area contributed by atoms with E-state index in [4.69, 9.17) is 0 Å². The molecular weight excluding hydrogens is 320 g/mol. The predicted molar refractivity (Wildman–Crippen MR) is 105 cm³/mol. The lowest BCUT2D eigenvalue weighted by Gasteiger charge is -2.44. The van der Waals surface area contributed by atoms with Crippen molar-refractivity contribution in [2.45, 2.75) is 19.0 Å². The molecule has 3 unspecified atom stereocenters. The number of hydrogen-bond acceptors (Lipinski definition) is 4. The highest BCUT2D eigenvalue weighted by molar-refractivity contribution is 5.87. The van der Waals surface area contributed by atoms with E-state index in [0.29, 0.717) is 11.8 Å². The maximum Gasteiger partial charge on any atom is 0.162 e. The number of aromatic nitrogens is 2. The molecule has 1 aromatic heterocycles. The summed E-state index contributed by atoms with van der Waals surface area (Å²) in [4.78, 5) is 13.7. The molecule has 0 saturated carbocycles. The van der Waals surface area contributed by atoms with E-state index in [0.717, 1.165) is 17.2 Å². The van der Waals surface area contributed by atoms with Crippen molar-refractivity contribution in [3.63, 3.8) is 0 Å². The van der Waals surface area contributed by atoms with Gasteiger partial charge in [-0.1, -0.05) is 49.4 Å². The second-order valence-electron chi connectivity index (χ2n) is 6.90. The van der Waals surface area contributed by atoms with Crippen LogP contribution in [0.3, 0.4) is 0 Å². The van der Waals surface area contributed by atoms with Gasteiger partial charge in [-0.15, -0.1) is 6.58 Å². The van der Waals surface area contributed by atoms with Crippen molar-refractivity contribution < 1.29 is 0 Å². The van der Waals surface area contributed by atoms with Gasteiger partial charge in [0.15, 0.2) is 5.82 Å². The van der Waals surface area contributed by atoms with Crippen molar-refractivity contribution in [2.24, 2.45) is 5.92 Å². The maximum atomic E-state index is 4.65. The molecule has 0 bridgehead atoms. The molecule has 4 nitrogen and oxygen atoms in total. The van der Waals surface area contributed by atoms with Gasteiger partial charge >= 0.3 is 0 Å². The Morgan fingerprint density at radius 3 is 2.54 bits per heavy atom. The van der Waals surface area contributed by atoms with E-state index >= 15 is 0 Å². The number of fused-ring (bicyclic) bond motifs is 5. The van der Waals surface area contributed by atoms with Crippen LogP contribution in [0.5, 0.6) is 0 Å². The normalized spacial score (nSPS) is 23.2. The Balaban J connectivity index is 1.78. The van der Waals surface area contributed by atoms with E-state index in [1.807, 2.05) is 12.3 Å². The van der Waals surface area contributed by atoms with Crippen molar-refractivity contribution in [1.29, 1.82) is 0 Å². The molecule has 0 radical (unpaired) electrons. The maximum absolute atomic E-state index is 4.65. The first-order chi connectivity index (χ1) is 12.8. The Morgan fingerprint density at radius 1 is 0.962 bits per heavy atom. The Kier molecular flexibility index (Phi) is 3.32. The molecule has 0 saturated heterocycles. The molecule has 2 aliphatic rings. The van der Waals surface area contributed by atoms with E-state index in [9.17, 15) is 0 Å². The second kappa shape index (κ2) is 5.70. The Hall–Kier alpha value is -3.14. The summed E-state index contributed by atoms with van der Waals surface area (Å²) in [5, 5.41) is 0. The molecule has 3 atom stereocenters. The van der Waals surface area contributed by atoms with Crippen LogP contribution in [0, 0.1) is 5.92 Å². The fraction of sp³-hybridized carbons (Fsp3) is 0.182. The van der Waals surface area contributed by atoms with Crippen LogP contribution in [0.2, 0.25) is 0 Å². The number of hydrogen-bond donors (Lipinski definition) is 0. The van der Waals surface area contributed by atoms with E-state index in [2.05, 4.69) is 87.9 Å². The first kappa shape index (κ1) is 15.1. The minimum atomic E-state index is 0.141. The zero-order chi connectivity index (χ0) is 17.7. The fourth-order valence-corrected chi connectivity index (χ4v) is 4.46. The summed E-state index contributed by atoms with van der Waals surface area (Å²) in [5.74, 6) is 1.60. The molecule has 0 N–H and O–H groups in total. The summed E-state index contributed by atoms with van der Waals surface area (Å²) in [5.41, 5.74) is 4.74.